The Morgan fingerprint density at radius 3 is 2.80 bits per heavy atom. The van der Waals surface area contributed by atoms with Crippen molar-refractivity contribution in [3.8, 4) is 0 Å². The Labute approximate surface area is 88.5 Å². The molecule has 82 valence electrons. The first-order valence-corrected chi connectivity index (χ1v) is 4.80. The fraction of sp³-hybridized carbons (Fsp3) is 0.364. The Morgan fingerprint density at radius 2 is 2.27 bits per heavy atom. The maximum absolute atomic E-state index is 13.4. The highest BCUT2D eigenvalue weighted by atomic mass is 19.1. The molecule has 4 heteroatoms. The van der Waals surface area contributed by atoms with E-state index in [9.17, 15) is 9.18 Å². The molecule has 0 aliphatic heterocycles. The van der Waals surface area contributed by atoms with Crippen molar-refractivity contribution in [2.75, 3.05) is 5.32 Å². The van der Waals surface area contributed by atoms with Gasteiger partial charge in [0, 0.05) is 12.5 Å². The van der Waals surface area contributed by atoms with Crippen LogP contribution in [0.5, 0.6) is 0 Å². The van der Waals surface area contributed by atoms with Gasteiger partial charge in [0.05, 0.1) is 5.69 Å². The average Bonchev–Trinajstić information content (AvgIpc) is 2.08. The third-order valence-corrected chi connectivity index (χ3v) is 2.03. The Morgan fingerprint density at radius 1 is 1.60 bits per heavy atom. The van der Waals surface area contributed by atoms with Gasteiger partial charge in [0.25, 0.3) is 0 Å². The van der Waals surface area contributed by atoms with E-state index in [1.54, 1.807) is 13.0 Å². The number of aryl methyl sites for hydroxylation is 1. The quantitative estimate of drug-likeness (QED) is 0.796. The SMILES string of the molecule is Cc1ccc(NC(C)CC(N)=O)c(F)c1. The van der Waals surface area contributed by atoms with Gasteiger partial charge in [0.2, 0.25) is 5.91 Å². The Balaban J connectivity index is 2.68. The zero-order chi connectivity index (χ0) is 11.4. The number of halogens is 1. The van der Waals surface area contributed by atoms with Crippen LogP contribution in [0, 0.1) is 12.7 Å². The second-order valence-electron chi connectivity index (χ2n) is 3.70. The second kappa shape index (κ2) is 4.77. The highest BCUT2D eigenvalue weighted by Crippen LogP contribution is 2.16. The van der Waals surface area contributed by atoms with Crippen molar-refractivity contribution in [3.63, 3.8) is 0 Å². The van der Waals surface area contributed by atoms with E-state index in [4.69, 9.17) is 5.73 Å². The standard InChI is InChI=1S/C11H15FN2O/c1-7-3-4-10(9(12)5-7)14-8(2)6-11(13)15/h3-5,8,14H,6H2,1-2H3,(H2,13,15). The lowest BCUT2D eigenvalue weighted by atomic mass is 10.2. The van der Waals surface area contributed by atoms with Gasteiger partial charge in [-0.25, -0.2) is 4.39 Å². The molecule has 0 spiro atoms. The lowest BCUT2D eigenvalue weighted by molar-refractivity contribution is -0.118. The van der Waals surface area contributed by atoms with E-state index >= 15 is 0 Å². The molecule has 0 bridgehead atoms. The first-order valence-electron chi connectivity index (χ1n) is 4.80. The molecule has 0 saturated heterocycles. The van der Waals surface area contributed by atoms with Gasteiger partial charge in [-0.2, -0.15) is 0 Å². The molecule has 3 N–H and O–H groups in total. The summed E-state index contributed by atoms with van der Waals surface area (Å²) in [5.74, 6) is -0.714. The summed E-state index contributed by atoms with van der Waals surface area (Å²) in [6.07, 6.45) is 0.188. The maximum Gasteiger partial charge on any atom is 0.219 e. The van der Waals surface area contributed by atoms with Gasteiger partial charge >= 0.3 is 0 Å². The van der Waals surface area contributed by atoms with Gasteiger partial charge in [-0.15, -0.1) is 0 Å². The Kier molecular flexibility index (Phi) is 3.66. The molecule has 1 rings (SSSR count). The van der Waals surface area contributed by atoms with Gasteiger partial charge in [0.1, 0.15) is 5.82 Å². The van der Waals surface area contributed by atoms with Crippen LogP contribution in [0.1, 0.15) is 18.9 Å². The van der Waals surface area contributed by atoms with Crippen LogP contribution in [0.3, 0.4) is 0 Å². The van der Waals surface area contributed by atoms with Crippen molar-refractivity contribution in [1.29, 1.82) is 0 Å². The van der Waals surface area contributed by atoms with E-state index in [1.807, 2.05) is 13.0 Å². The number of hydrogen-bond acceptors (Lipinski definition) is 2. The van der Waals surface area contributed by atoms with Crippen LogP contribution >= 0.6 is 0 Å². The van der Waals surface area contributed by atoms with Crippen LogP contribution in [0.25, 0.3) is 0 Å². The summed E-state index contributed by atoms with van der Waals surface area (Å²) in [6, 6.07) is 4.74. The Hall–Kier alpha value is -1.58. The average molecular weight is 210 g/mol. The number of primary amides is 1. The smallest absolute Gasteiger partial charge is 0.219 e. The summed E-state index contributed by atoms with van der Waals surface area (Å²) in [7, 11) is 0. The van der Waals surface area contributed by atoms with Crippen molar-refractivity contribution in [2.45, 2.75) is 26.3 Å². The largest absolute Gasteiger partial charge is 0.380 e. The zero-order valence-corrected chi connectivity index (χ0v) is 8.88. The number of carbonyl (C=O) groups excluding carboxylic acids is 1. The molecule has 1 aromatic rings. The number of hydrogen-bond donors (Lipinski definition) is 2. The van der Waals surface area contributed by atoms with Crippen molar-refractivity contribution >= 4 is 11.6 Å². The first-order chi connectivity index (χ1) is 6.99. The summed E-state index contributed by atoms with van der Waals surface area (Å²) >= 11 is 0. The van der Waals surface area contributed by atoms with Crippen molar-refractivity contribution in [2.24, 2.45) is 5.73 Å². The van der Waals surface area contributed by atoms with Crippen LogP contribution in [0.15, 0.2) is 18.2 Å². The van der Waals surface area contributed by atoms with Crippen molar-refractivity contribution in [1.82, 2.24) is 0 Å². The molecule has 1 atom stereocenters. The van der Waals surface area contributed by atoms with Gasteiger partial charge in [-0.05, 0) is 31.5 Å². The van der Waals surface area contributed by atoms with Gasteiger partial charge in [-0.3, -0.25) is 4.79 Å². The van der Waals surface area contributed by atoms with Crippen LogP contribution < -0.4 is 11.1 Å². The number of amides is 1. The summed E-state index contributed by atoms with van der Waals surface area (Å²) in [6.45, 7) is 3.60. The summed E-state index contributed by atoms with van der Waals surface area (Å²) in [5, 5.41) is 2.89. The van der Waals surface area contributed by atoms with E-state index in [2.05, 4.69) is 5.32 Å². The van der Waals surface area contributed by atoms with Gasteiger partial charge in [0.15, 0.2) is 0 Å². The molecule has 1 unspecified atom stereocenters. The molecule has 0 aliphatic carbocycles. The predicted molar refractivity (Wildman–Crippen MR) is 58.0 cm³/mol. The summed E-state index contributed by atoms with van der Waals surface area (Å²) in [5.41, 5.74) is 6.30. The molecule has 15 heavy (non-hydrogen) atoms. The minimum atomic E-state index is -0.400. The first kappa shape index (κ1) is 11.5. The van der Waals surface area contributed by atoms with E-state index in [0.29, 0.717) is 5.69 Å². The number of benzene rings is 1. The molecular weight excluding hydrogens is 195 g/mol. The molecule has 1 aromatic carbocycles. The summed E-state index contributed by atoms with van der Waals surface area (Å²) in [4.78, 5) is 10.6. The monoisotopic (exact) mass is 210 g/mol. The lowest BCUT2D eigenvalue weighted by Crippen LogP contribution is -2.24. The third-order valence-electron chi connectivity index (χ3n) is 2.03. The fourth-order valence-corrected chi connectivity index (χ4v) is 1.36. The van der Waals surface area contributed by atoms with Crippen LogP contribution in [-0.2, 0) is 4.79 Å². The van der Waals surface area contributed by atoms with E-state index in [-0.39, 0.29) is 18.3 Å². The molecular formula is C11H15FN2O. The van der Waals surface area contributed by atoms with Crippen LogP contribution in [-0.4, -0.2) is 11.9 Å². The molecule has 0 aromatic heterocycles. The minimum absolute atomic E-state index is 0.167. The molecule has 3 nitrogen and oxygen atoms in total. The molecule has 0 aliphatic rings. The highest BCUT2D eigenvalue weighted by Gasteiger charge is 2.08. The number of anilines is 1. The minimum Gasteiger partial charge on any atom is -0.380 e. The van der Waals surface area contributed by atoms with Crippen molar-refractivity contribution < 1.29 is 9.18 Å². The van der Waals surface area contributed by atoms with Crippen LogP contribution in [0.2, 0.25) is 0 Å². The molecule has 0 heterocycles. The number of rotatable bonds is 4. The number of nitrogens with two attached hydrogens (primary N) is 1. The second-order valence-corrected chi connectivity index (χ2v) is 3.70. The van der Waals surface area contributed by atoms with Crippen molar-refractivity contribution in [3.05, 3.63) is 29.6 Å². The Bertz CT molecular complexity index is 366. The molecule has 1 amide bonds. The lowest BCUT2D eigenvalue weighted by Gasteiger charge is -2.14. The topological polar surface area (TPSA) is 55.1 Å². The van der Waals surface area contributed by atoms with E-state index in [1.165, 1.54) is 6.07 Å². The highest BCUT2D eigenvalue weighted by molar-refractivity contribution is 5.74. The number of nitrogens with one attached hydrogen (secondary N) is 1. The van der Waals surface area contributed by atoms with E-state index < -0.39 is 5.91 Å². The maximum atomic E-state index is 13.4. The fourth-order valence-electron chi connectivity index (χ4n) is 1.36. The number of carbonyl (C=O) groups is 1. The van der Waals surface area contributed by atoms with Gasteiger partial charge in [-0.1, -0.05) is 6.07 Å². The van der Waals surface area contributed by atoms with E-state index in [0.717, 1.165) is 5.56 Å². The predicted octanol–water partition coefficient (Wildman–Crippen LogP) is 1.81. The molecule has 0 radical (unpaired) electrons. The van der Waals surface area contributed by atoms with Gasteiger partial charge < -0.3 is 11.1 Å². The van der Waals surface area contributed by atoms with Crippen LogP contribution in [0.4, 0.5) is 10.1 Å². The molecule has 0 fully saturated rings. The zero-order valence-electron chi connectivity index (χ0n) is 8.88. The third kappa shape index (κ3) is 3.58. The molecule has 0 saturated carbocycles. The summed E-state index contributed by atoms with van der Waals surface area (Å²) < 4.78 is 13.4. The normalized spacial score (nSPS) is 12.2.